The summed E-state index contributed by atoms with van der Waals surface area (Å²) >= 11 is 0. The summed E-state index contributed by atoms with van der Waals surface area (Å²) in [7, 11) is 0. The molecule has 218 valence electrons. The van der Waals surface area contributed by atoms with Gasteiger partial charge in [0.2, 0.25) is 5.95 Å². The van der Waals surface area contributed by atoms with E-state index in [1.165, 1.54) is 18.9 Å². The molecule has 5 heterocycles. The van der Waals surface area contributed by atoms with E-state index in [1.807, 2.05) is 51.6 Å². The van der Waals surface area contributed by atoms with Gasteiger partial charge in [0.05, 0.1) is 11.7 Å². The molecule has 4 aromatic rings. The van der Waals surface area contributed by atoms with Crippen LogP contribution >= 0.6 is 0 Å². The Morgan fingerprint density at radius 3 is 2.27 bits per heavy atom. The first kappa shape index (κ1) is 29.0. The number of fused-ring (bicyclic) bond motifs is 3. The van der Waals surface area contributed by atoms with Crippen LogP contribution in [0.15, 0.2) is 36.8 Å². The maximum absolute atomic E-state index is 15.0. The van der Waals surface area contributed by atoms with Gasteiger partial charge in [-0.15, -0.1) is 0 Å². The molecule has 1 aromatic carbocycles. The first-order valence-corrected chi connectivity index (χ1v) is 14.7. The molecule has 8 nitrogen and oxygen atoms in total. The lowest BCUT2D eigenvalue weighted by Crippen LogP contribution is -2.52. The lowest BCUT2D eigenvalue weighted by atomic mass is 10.0. The molecule has 2 unspecified atom stereocenters. The number of likely N-dealkylation sites (tertiary alicyclic amines) is 1. The van der Waals surface area contributed by atoms with Crippen molar-refractivity contribution in [2.75, 3.05) is 25.0 Å². The van der Waals surface area contributed by atoms with Crippen LogP contribution in [-0.4, -0.2) is 66.0 Å². The van der Waals surface area contributed by atoms with Crippen molar-refractivity contribution in [2.45, 2.75) is 79.1 Å². The lowest BCUT2D eigenvalue weighted by Gasteiger charge is -2.40. The molecule has 10 heteroatoms. The first-order valence-electron chi connectivity index (χ1n) is 14.7. The molecule has 0 amide bonds. The Hall–Kier alpha value is -3.50. The molecule has 2 aliphatic heterocycles. The quantitative estimate of drug-likeness (QED) is 0.276. The Bertz CT molecular complexity index is 1490. The van der Waals surface area contributed by atoms with Gasteiger partial charge in [0.15, 0.2) is 5.82 Å². The number of hydrogen-bond donors (Lipinski definition) is 1. The van der Waals surface area contributed by atoms with Gasteiger partial charge in [-0.05, 0) is 63.9 Å². The Morgan fingerprint density at radius 2 is 1.63 bits per heavy atom. The predicted molar refractivity (Wildman–Crippen MR) is 159 cm³/mol. The number of benzene rings is 1. The van der Waals surface area contributed by atoms with Crippen molar-refractivity contribution in [1.29, 1.82) is 0 Å². The minimum atomic E-state index is -0.541. The molecule has 1 N–H and O–H groups in total. The number of imidazole rings is 1. The van der Waals surface area contributed by atoms with E-state index < -0.39 is 11.6 Å². The minimum Gasteiger partial charge on any atom is -0.326 e. The smallest absolute Gasteiger partial charge is 0.228 e. The van der Waals surface area contributed by atoms with Crippen LogP contribution in [0.5, 0.6) is 0 Å². The van der Waals surface area contributed by atoms with E-state index >= 15 is 4.39 Å². The molecule has 2 atom stereocenters. The standard InChI is InChI=1S/C29H34F2N8.C2H6/c1-5-37-15-21-6-7-22(16-37)38(21)14-19-11-33-29(34-12-19)36-27-10-23(25(31)13-32-27)20-8-24(30)28-26(9-20)39(17(2)3)18(4)35-28;1-2/h8-13,17,21-22H,5-7,14-16H2,1-4H3,(H,32,33,34,36);1-2H3. The highest BCUT2D eigenvalue weighted by molar-refractivity contribution is 5.84. The molecule has 0 aliphatic carbocycles. The van der Waals surface area contributed by atoms with Crippen molar-refractivity contribution in [3.05, 3.63) is 59.8 Å². The third-order valence-electron chi connectivity index (χ3n) is 8.07. The van der Waals surface area contributed by atoms with Gasteiger partial charge >= 0.3 is 0 Å². The Balaban J connectivity index is 0.00000165. The fourth-order valence-corrected chi connectivity index (χ4v) is 6.22. The molecule has 2 aliphatic rings. The Kier molecular flexibility index (Phi) is 8.60. The summed E-state index contributed by atoms with van der Waals surface area (Å²) in [5, 5.41) is 3.07. The highest BCUT2D eigenvalue weighted by atomic mass is 19.1. The number of halogens is 2. The molecule has 0 radical (unpaired) electrons. The van der Waals surface area contributed by atoms with Gasteiger partial charge in [-0.3, -0.25) is 4.90 Å². The molecule has 2 bridgehead atoms. The second kappa shape index (κ2) is 12.2. The number of rotatable bonds is 7. The molecule has 0 saturated carbocycles. The van der Waals surface area contributed by atoms with Crippen LogP contribution in [-0.2, 0) is 6.54 Å². The van der Waals surface area contributed by atoms with Gasteiger partial charge in [-0.25, -0.2) is 28.7 Å². The zero-order valence-corrected chi connectivity index (χ0v) is 24.8. The molecule has 2 fully saturated rings. The number of aryl methyl sites for hydroxylation is 1. The summed E-state index contributed by atoms with van der Waals surface area (Å²) in [6, 6.07) is 5.92. The van der Waals surface area contributed by atoms with Crippen molar-refractivity contribution >= 4 is 22.8 Å². The van der Waals surface area contributed by atoms with E-state index in [-0.39, 0.29) is 17.1 Å². The maximum atomic E-state index is 15.0. The van der Waals surface area contributed by atoms with E-state index in [0.29, 0.717) is 40.8 Å². The predicted octanol–water partition coefficient (Wildman–Crippen LogP) is 6.49. The van der Waals surface area contributed by atoms with Crippen LogP contribution in [0, 0.1) is 18.6 Å². The molecule has 41 heavy (non-hydrogen) atoms. The third-order valence-corrected chi connectivity index (χ3v) is 8.07. The summed E-state index contributed by atoms with van der Waals surface area (Å²) in [5.74, 6) is 0.435. The van der Waals surface area contributed by atoms with Crippen molar-refractivity contribution in [1.82, 2.24) is 34.3 Å². The molecule has 6 rings (SSSR count). The van der Waals surface area contributed by atoms with Gasteiger partial charge in [0, 0.05) is 61.3 Å². The number of nitrogens with zero attached hydrogens (tertiary/aromatic N) is 7. The lowest BCUT2D eigenvalue weighted by molar-refractivity contribution is 0.0640. The Morgan fingerprint density at radius 1 is 0.951 bits per heavy atom. The van der Waals surface area contributed by atoms with E-state index in [1.54, 1.807) is 12.1 Å². The van der Waals surface area contributed by atoms with Gasteiger partial charge in [-0.2, -0.15) is 0 Å². The van der Waals surface area contributed by atoms with Crippen LogP contribution < -0.4 is 5.32 Å². The minimum absolute atomic E-state index is 0.0837. The average molecular weight is 563 g/mol. The fraction of sp³-hybridized carbons (Fsp3) is 0.484. The SMILES string of the molecule is CC.CCN1CC2CCC(C1)N2Cc1cnc(Nc2cc(-c3cc(F)c4nc(C)n(C(C)C)c4c3)c(F)cn2)nc1. The van der Waals surface area contributed by atoms with Crippen LogP contribution in [0.3, 0.4) is 0 Å². The summed E-state index contributed by atoms with van der Waals surface area (Å²) < 4.78 is 31.9. The number of anilines is 2. The molecular formula is C31H40F2N8. The highest BCUT2D eigenvalue weighted by Crippen LogP contribution is 2.33. The van der Waals surface area contributed by atoms with E-state index in [9.17, 15) is 4.39 Å². The molecular weight excluding hydrogens is 522 g/mol. The number of hydrogen-bond acceptors (Lipinski definition) is 7. The van der Waals surface area contributed by atoms with Gasteiger partial charge in [0.25, 0.3) is 0 Å². The monoisotopic (exact) mass is 562 g/mol. The number of aromatic nitrogens is 5. The van der Waals surface area contributed by atoms with Crippen LogP contribution in [0.1, 0.15) is 64.9 Å². The Labute approximate surface area is 240 Å². The van der Waals surface area contributed by atoms with Crippen LogP contribution in [0.2, 0.25) is 0 Å². The van der Waals surface area contributed by atoms with E-state index in [0.717, 1.165) is 37.9 Å². The van der Waals surface area contributed by atoms with Crippen molar-refractivity contribution in [3.8, 4) is 11.1 Å². The number of likely N-dealkylation sites (N-methyl/N-ethyl adjacent to an activating group) is 1. The summed E-state index contributed by atoms with van der Waals surface area (Å²) in [5.41, 5.74) is 2.63. The largest absolute Gasteiger partial charge is 0.326 e. The number of piperazine rings is 1. The molecule has 3 aromatic heterocycles. The third kappa shape index (κ3) is 5.81. The fourth-order valence-electron chi connectivity index (χ4n) is 6.22. The second-order valence-corrected chi connectivity index (χ2v) is 10.9. The zero-order valence-electron chi connectivity index (χ0n) is 24.8. The van der Waals surface area contributed by atoms with E-state index in [4.69, 9.17) is 0 Å². The first-order chi connectivity index (χ1) is 19.8. The van der Waals surface area contributed by atoms with Crippen molar-refractivity contribution < 1.29 is 8.78 Å². The van der Waals surface area contributed by atoms with Gasteiger partial charge in [-0.1, -0.05) is 20.8 Å². The average Bonchev–Trinajstić information content (AvgIpc) is 3.42. The molecule has 2 saturated heterocycles. The van der Waals surface area contributed by atoms with Crippen LogP contribution in [0.25, 0.3) is 22.2 Å². The van der Waals surface area contributed by atoms with Crippen LogP contribution in [0.4, 0.5) is 20.5 Å². The van der Waals surface area contributed by atoms with Gasteiger partial charge < -0.3 is 14.8 Å². The van der Waals surface area contributed by atoms with Crippen molar-refractivity contribution in [3.63, 3.8) is 0 Å². The second-order valence-electron chi connectivity index (χ2n) is 10.9. The summed E-state index contributed by atoms with van der Waals surface area (Å²) in [6.07, 6.45) is 7.30. The zero-order chi connectivity index (χ0) is 29.3. The maximum Gasteiger partial charge on any atom is 0.228 e. The molecule has 0 spiro atoms. The summed E-state index contributed by atoms with van der Waals surface area (Å²) in [4.78, 5) is 22.7. The number of nitrogens with one attached hydrogen (secondary N) is 1. The summed E-state index contributed by atoms with van der Waals surface area (Å²) in [6.45, 7) is 16.3. The number of pyridine rings is 1. The normalized spacial score (nSPS) is 19.0. The van der Waals surface area contributed by atoms with E-state index in [2.05, 4.69) is 42.0 Å². The topological polar surface area (TPSA) is 75.0 Å². The van der Waals surface area contributed by atoms with Crippen molar-refractivity contribution in [2.24, 2.45) is 0 Å². The highest BCUT2D eigenvalue weighted by Gasteiger charge is 2.39. The van der Waals surface area contributed by atoms with Gasteiger partial charge in [0.1, 0.15) is 23.0 Å².